The molecule has 0 saturated carbocycles. The number of nitrogens with one attached hydrogen (secondary N) is 2. The van der Waals surface area contributed by atoms with Crippen LogP contribution in [-0.2, 0) is 13.0 Å². The summed E-state index contributed by atoms with van der Waals surface area (Å²) in [6, 6.07) is 12.2. The first-order valence-corrected chi connectivity index (χ1v) is 9.57. The van der Waals surface area contributed by atoms with Crippen molar-refractivity contribution in [2.45, 2.75) is 25.8 Å². The summed E-state index contributed by atoms with van der Waals surface area (Å²) in [5, 5.41) is 5.07. The molecule has 5 rings (SSSR count). The normalized spacial score (nSPS) is 14.9. The molecule has 3 amide bonds. The van der Waals surface area contributed by atoms with Crippen LogP contribution in [0, 0.1) is 0 Å². The van der Waals surface area contributed by atoms with E-state index in [4.69, 9.17) is 0 Å². The summed E-state index contributed by atoms with van der Waals surface area (Å²) in [5.41, 5.74) is 3.27. The summed E-state index contributed by atoms with van der Waals surface area (Å²) in [5.74, 6) is -0.574. The lowest BCUT2D eigenvalue weighted by Crippen LogP contribution is -2.21. The second-order valence-corrected chi connectivity index (χ2v) is 7.23. The highest BCUT2D eigenvalue weighted by atomic mass is 16.2. The second-order valence-electron chi connectivity index (χ2n) is 7.23. The lowest BCUT2D eigenvalue weighted by atomic mass is 10.0. The molecule has 2 N–H and O–H groups in total. The molecule has 2 aliphatic rings. The van der Waals surface area contributed by atoms with Gasteiger partial charge < -0.3 is 9.88 Å². The monoisotopic (exact) mass is 386 g/mol. The maximum Gasteiger partial charge on any atom is 0.259 e. The van der Waals surface area contributed by atoms with Crippen molar-refractivity contribution in [1.29, 1.82) is 0 Å². The Labute approximate surface area is 166 Å². The zero-order valence-electron chi connectivity index (χ0n) is 15.6. The average Bonchev–Trinajstić information content (AvgIpc) is 3.29. The summed E-state index contributed by atoms with van der Waals surface area (Å²) in [7, 11) is 0. The molecule has 144 valence electrons. The Morgan fingerprint density at radius 2 is 1.93 bits per heavy atom. The number of amides is 3. The molecule has 0 radical (unpaired) electrons. The molecule has 1 aromatic heterocycles. The van der Waals surface area contributed by atoms with Crippen LogP contribution in [0.5, 0.6) is 0 Å². The third-order valence-corrected chi connectivity index (χ3v) is 5.39. The van der Waals surface area contributed by atoms with Crippen LogP contribution in [0.4, 0.5) is 5.69 Å². The van der Waals surface area contributed by atoms with Crippen molar-refractivity contribution < 1.29 is 14.4 Å². The lowest BCUT2D eigenvalue weighted by molar-refractivity contribution is 0.0875. The number of aryl methyl sites for hydroxylation is 1. The van der Waals surface area contributed by atoms with E-state index in [9.17, 15) is 14.4 Å². The van der Waals surface area contributed by atoms with Gasteiger partial charge in [-0.05, 0) is 43.5 Å². The van der Waals surface area contributed by atoms with Crippen molar-refractivity contribution in [3.05, 3.63) is 71.0 Å². The number of fused-ring (bicyclic) bond motifs is 2. The Balaban J connectivity index is 1.45. The molecule has 0 spiro atoms. The van der Waals surface area contributed by atoms with E-state index in [1.165, 1.54) is 18.2 Å². The van der Waals surface area contributed by atoms with Gasteiger partial charge in [-0.3, -0.25) is 19.7 Å². The van der Waals surface area contributed by atoms with E-state index in [1.54, 1.807) is 18.2 Å². The minimum Gasteiger partial charge on any atom is -0.328 e. The molecule has 7 nitrogen and oxygen atoms in total. The van der Waals surface area contributed by atoms with Crippen LogP contribution in [-0.4, -0.2) is 27.3 Å². The standard InChI is InChI=1S/C22H18N4O3/c27-20(16-8-4-9-17-18(16)22(29)25-21(17)28)24-14-6-3-5-13(11-14)19-23-12-15-7-1-2-10-26(15)19/h3-6,8-9,11-12H,1-2,7,10H2,(H,24,27)(H,25,28,29). The van der Waals surface area contributed by atoms with E-state index in [1.807, 2.05) is 24.4 Å². The SMILES string of the molecule is O=C1NC(=O)c2c1cccc2C(=O)Nc1cccc(-c2ncc3n2CCCC3)c1. The minimum atomic E-state index is -0.548. The number of imidazole rings is 1. The van der Waals surface area contributed by atoms with Gasteiger partial charge in [0.15, 0.2) is 0 Å². The summed E-state index contributed by atoms with van der Waals surface area (Å²) < 4.78 is 2.23. The van der Waals surface area contributed by atoms with E-state index < -0.39 is 17.7 Å². The van der Waals surface area contributed by atoms with Gasteiger partial charge in [-0.25, -0.2) is 4.98 Å². The number of hydrogen-bond acceptors (Lipinski definition) is 4. The summed E-state index contributed by atoms with van der Waals surface area (Å²) >= 11 is 0. The number of anilines is 1. The van der Waals surface area contributed by atoms with E-state index >= 15 is 0 Å². The van der Waals surface area contributed by atoms with Gasteiger partial charge in [0.05, 0.1) is 16.7 Å². The quantitative estimate of drug-likeness (QED) is 0.677. The zero-order valence-corrected chi connectivity index (χ0v) is 15.6. The Hall–Kier alpha value is -3.74. The molecule has 0 fully saturated rings. The predicted octanol–water partition coefficient (Wildman–Crippen LogP) is 3.02. The van der Waals surface area contributed by atoms with Gasteiger partial charge in [0.2, 0.25) is 0 Å². The summed E-state index contributed by atoms with van der Waals surface area (Å²) in [6.07, 6.45) is 5.26. The molecule has 2 aliphatic heterocycles. The number of hydrogen-bond donors (Lipinski definition) is 2. The first-order chi connectivity index (χ1) is 14.1. The van der Waals surface area contributed by atoms with Crippen molar-refractivity contribution in [1.82, 2.24) is 14.9 Å². The van der Waals surface area contributed by atoms with Crippen molar-refractivity contribution in [2.24, 2.45) is 0 Å². The molecule has 2 aromatic carbocycles. The molecule has 0 saturated heterocycles. The van der Waals surface area contributed by atoms with Gasteiger partial charge in [0.25, 0.3) is 17.7 Å². The Morgan fingerprint density at radius 3 is 2.83 bits per heavy atom. The first kappa shape index (κ1) is 17.4. The van der Waals surface area contributed by atoms with Crippen LogP contribution in [0.15, 0.2) is 48.7 Å². The number of imide groups is 1. The fraction of sp³-hybridized carbons (Fsp3) is 0.182. The number of rotatable bonds is 3. The summed E-state index contributed by atoms with van der Waals surface area (Å²) in [6.45, 7) is 0.945. The molecule has 0 aliphatic carbocycles. The van der Waals surface area contributed by atoms with Crippen LogP contribution in [0.1, 0.15) is 49.6 Å². The fourth-order valence-corrected chi connectivity index (χ4v) is 4.01. The van der Waals surface area contributed by atoms with E-state index in [2.05, 4.69) is 20.2 Å². The van der Waals surface area contributed by atoms with Gasteiger partial charge >= 0.3 is 0 Å². The number of carbonyl (C=O) groups is 3. The number of benzene rings is 2. The molecular weight excluding hydrogens is 368 g/mol. The highest BCUT2D eigenvalue weighted by molar-refractivity contribution is 6.26. The molecule has 3 heterocycles. The van der Waals surface area contributed by atoms with Crippen LogP contribution in [0.25, 0.3) is 11.4 Å². The minimum absolute atomic E-state index is 0.119. The van der Waals surface area contributed by atoms with Crippen LogP contribution in [0.3, 0.4) is 0 Å². The Morgan fingerprint density at radius 1 is 1.07 bits per heavy atom. The topological polar surface area (TPSA) is 93.1 Å². The number of nitrogens with zero attached hydrogens (tertiary/aromatic N) is 2. The van der Waals surface area contributed by atoms with Crippen LogP contribution < -0.4 is 10.6 Å². The molecular formula is C22H18N4O3. The molecule has 3 aromatic rings. The van der Waals surface area contributed by atoms with Gasteiger partial charge in [0, 0.05) is 29.7 Å². The maximum absolute atomic E-state index is 12.8. The first-order valence-electron chi connectivity index (χ1n) is 9.57. The second kappa shape index (κ2) is 6.70. The van der Waals surface area contributed by atoms with Gasteiger partial charge in [-0.15, -0.1) is 0 Å². The van der Waals surface area contributed by atoms with Crippen LogP contribution in [0.2, 0.25) is 0 Å². The highest BCUT2D eigenvalue weighted by Crippen LogP contribution is 2.27. The Kier molecular flexibility index (Phi) is 4.01. The third-order valence-electron chi connectivity index (χ3n) is 5.39. The molecule has 29 heavy (non-hydrogen) atoms. The van der Waals surface area contributed by atoms with E-state index in [-0.39, 0.29) is 16.7 Å². The van der Waals surface area contributed by atoms with Gasteiger partial charge in [0.1, 0.15) is 5.82 Å². The van der Waals surface area contributed by atoms with E-state index in [0.29, 0.717) is 5.69 Å². The largest absolute Gasteiger partial charge is 0.328 e. The van der Waals surface area contributed by atoms with Gasteiger partial charge in [-0.1, -0.05) is 18.2 Å². The zero-order chi connectivity index (χ0) is 20.0. The lowest BCUT2D eigenvalue weighted by Gasteiger charge is -2.17. The average molecular weight is 386 g/mol. The summed E-state index contributed by atoms with van der Waals surface area (Å²) in [4.78, 5) is 41.3. The Bertz CT molecular complexity index is 1180. The smallest absolute Gasteiger partial charge is 0.259 e. The molecule has 7 heteroatoms. The molecule has 0 unspecified atom stereocenters. The third kappa shape index (κ3) is 2.91. The highest BCUT2D eigenvalue weighted by Gasteiger charge is 2.31. The van der Waals surface area contributed by atoms with Crippen molar-refractivity contribution in [2.75, 3.05) is 5.32 Å². The number of aromatic nitrogens is 2. The predicted molar refractivity (Wildman–Crippen MR) is 107 cm³/mol. The van der Waals surface area contributed by atoms with Gasteiger partial charge in [-0.2, -0.15) is 0 Å². The van der Waals surface area contributed by atoms with Crippen molar-refractivity contribution in [3.8, 4) is 11.4 Å². The maximum atomic E-state index is 12.8. The van der Waals surface area contributed by atoms with Crippen molar-refractivity contribution in [3.63, 3.8) is 0 Å². The number of carbonyl (C=O) groups excluding carboxylic acids is 3. The fourth-order valence-electron chi connectivity index (χ4n) is 4.01. The van der Waals surface area contributed by atoms with E-state index in [0.717, 1.165) is 30.8 Å². The van der Waals surface area contributed by atoms with Crippen molar-refractivity contribution >= 4 is 23.4 Å². The molecule has 0 bridgehead atoms. The molecule has 0 atom stereocenters. The van der Waals surface area contributed by atoms with Crippen LogP contribution >= 0.6 is 0 Å².